The molecule has 0 radical (unpaired) electrons. The van der Waals surface area contributed by atoms with E-state index in [2.05, 4.69) is 167 Å². The average molecular weight is 929 g/mol. The Morgan fingerprint density at radius 1 is 0.485 bits per heavy atom. The maximum absolute atomic E-state index is 15.0. The van der Waals surface area contributed by atoms with Crippen LogP contribution in [0.3, 0.4) is 0 Å². The Balaban J connectivity index is 1.04. The predicted octanol–water partition coefficient (Wildman–Crippen LogP) is 10.0. The van der Waals surface area contributed by atoms with E-state index in [-0.39, 0.29) is 32.7 Å². The molecule has 0 spiro atoms. The minimum atomic E-state index is -0.306. The minimum absolute atomic E-state index is 0.151. The van der Waals surface area contributed by atoms with Crippen molar-refractivity contribution in [1.29, 1.82) is 0 Å². The van der Waals surface area contributed by atoms with Gasteiger partial charge in [0.25, 0.3) is 0 Å². The van der Waals surface area contributed by atoms with Gasteiger partial charge in [0.1, 0.15) is 42.5 Å². The Morgan fingerprint density at radius 3 is 1.28 bits per heavy atom. The molecule has 12 heteroatoms. The molecule has 10 nitrogen and oxygen atoms in total. The molecule has 4 aromatic rings. The molecular weight excluding hydrogens is 881 g/mol. The summed E-state index contributed by atoms with van der Waals surface area (Å²) in [4.78, 5) is 47.1. The number of carbonyl (C=O) groups is 2. The minimum Gasteiger partial charge on any atom is -0.341 e. The van der Waals surface area contributed by atoms with Crippen LogP contribution in [-0.4, -0.2) is 78.9 Å². The van der Waals surface area contributed by atoms with E-state index in [1.165, 1.54) is 44.4 Å². The van der Waals surface area contributed by atoms with Crippen molar-refractivity contribution in [2.75, 3.05) is 46.0 Å². The molecule has 1 aliphatic carbocycles. The van der Waals surface area contributed by atoms with E-state index in [1.807, 2.05) is 60.7 Å². The highest BCUT2D eigenvalue weighted by molar-refractivity contribution is 8.04. The van der Waals surface area contributed by atoms with Gasteiger partial charge in [-0.25, -0.2) is 20.0 Å². The quantitative estimate of drug-likeness (QED) is 0.146. The van der Waals surface area contributed by atoms with Crippen LogP contribution in [0.15, 0.2) is 202 Å². The number of benzene rings is 4. The number of rotatable bonds is 10. The van der Waals surface area contributed by atoms with Crippen molar-refractivity contribution in [3.05, 3.63) is 203 Å². The molecule has 0 unspecified atom stereocenters. The van der Waals surface area contributed by atoms with Crippen LogP contribution >= 0.6 is 21.9 Å². The summed E-state index contributed by atoms with van der Waals surface area (Å²) in [5, 5.41) is 8.55. The number of nitrogens with zero attached hydrogens (tertiary/aromatic N) is 8. The van der Waals surface area contributed by atoms with Crippen LogP contribution in [0.2, 0.25) is 0 Å². The van der Waals surface area contributed by atoms with E-state index in [0.717, 1.165) is 57.2 Å². The summed E-state index contributed by atoms with van der Waals surface area (Å²) in [5.41, 5.74) is 11.9. The number of hydrazine groups is 2. The lowest BCUT2D eigenvalue weighted by Crippen LogP contribution is -2.51. The third-order valence-electron chi connectivity index (χ3n) is 12.7. The Hall–Kier alpha value is -7.80. The van der Waals surface area contributed by atoms with Crippen LogP contribution in [0.1, 0.15) is 38.8 Å². The molecule has 1 saturated carbocycles. The fraction of sp³-hybridized carbons (Fsp3) is 0.143. The first-order valence-corrected chi connectivity index (χ1v) is 24.8. The maximum Gasteiger partial charge on any atom is 0.225 e. The number of aliphatic imine (C=N–C) groups is 2. The first kappa shape index (κ1) is 42.8. The monoisotopic (exact) mass is 928 g/mol. The molecule has 7 aliphatic rings. The number of likely N-dealkylation sites (N-methyl/N-ethyl adjacent to an activating group) is 4. The fourth-order valence-corrected chi connectivity index (χ4v) is 11.9. The zero-order valence-corrected chi connectivity index (χ0v) is 39.8. The molecule has 4 aromatic carbocycles. The first-order chi connectivity index (χ1) is 33.4. The number of allylic oxidation sites excluding steroid dienone is 8. The normalized spacial score (nSPS) is 19.6. The summed E-state index contributed by atoms with van der Waals surface area (Å²) in [5.74, 6) is -0.613. The molecule has 1 fully saturated rings. The van der Waals surface area contributed by atoms with Crippen molar-refractivity contribution in [1.82, 2.24) is 10.0 Å². The predicted molar refractivity (Wildman–Crippen MR) is 288 cm³/mol. The van der Waals surface area contributed by atoms with Crippen LogP contribution in [-0.2, 0) is 9.59 Å². The molecule has 11 rings (SSSR count). The second-order valence-electron chi connectivity index (χ2n) is 16.4. The van der Waals surface area contributed by atoms with E-state index >= 15 is 9.59 Å². The summed E-state index contributed by atoms with van der Waals surface area (Å²) in [6.07, 6.45) is 21.0. The topological polar surface area (TPSA) is 78.3 Å². The molecule has 0 N–H and O–H groups in total. The van der Waals surface area contributed by atoms with Crippen LogP contribution < -0.4 is 19.8 Å². The molecular formula is C56H48N8O2S2. The van der Waals surface area contributed by atoms with Gasteiger partial charge in [0, 0.05) is 48.9 Å². The van der Waals surface area contributed by atoms with Crippen molar-refractivity contribution < 1.29 is 9.59 Å². The van der Waals surface area contributed by atoms with Crippen molar-refractivity contribution in [2.24, 2.45) is 9.98 Å². The van der Waals surface area contributed by atoms with Crippen LogP contribution in [0.25, 0.3) is 12.2 Å². The molecule has 68 heavy (non-hydrogen) atoms. The van der Waals surface area contributed by atoms with Gasteiger partial charge in [0.2, 0.25) is 11.6 Å². The Kier molecular flexibility index (Phi) is 11.2. The van der Waals surface area contributed by atoms with Gasteiger partial charge in [-0.05, 0) is 112 Å². The van der Waals surface area contributed by atoms with Crippen molar-refractivity contribution in [2.45, 2.75) is 27.7 Å². The van der Waals surface area contributed by atoms with Gasteiger partial charge >= 0.3 is 0 Å². The number of carbonyl (C=O) groups excluding carboxylic acids is 2. The van der Waals surface area contributed by atoms with E-state index in [4.69, 9.17) is 9.98 Å². The summed E-state index contributed by atoms with van der Waals surface area (Å²) in [6.45, 7) is 11.4. The van der Waals surface area contributed by atoms with Gasteiger partial charge in [-0.1, -0.05) is 97.1 Å². The third-order valence-corrected chi connectivity index (χ3v) is 14.9. The van der Waals surface area contributed by atoms with Gasteiger partial charge < -0.3 is 9.80 Å². The average Bonchev–Trinajstić information content (AvgIpc) is 3.87. The molecule has 0 saturated heterocycles. The lowest BCUT2D eigenvalue weighted by atomic mass is 9.92. The zero-order chi connectivity index (χ0) is 46.5. The number of hydrogen-bond donors (Lipinski definition) is 0. The van der Waals surface area contributed by atoms with Crippen molar-refractivity contribution in [3.8, 4) is 0 Å². The number of Topliss-reactive ketones (excluding diaryl/α,β-unsaturated/α-hetero) is 2. The lowest BCUT2D eigenvalue weighted by molar-refractivity contribution is -0.109. The number of hydrogen-bond acceptors (Lipinski definition) is 10. The Labute approximate surface area is 403 Å². The number of ketones is 2. The number of anilines is 4. The molecule has 0 aromatic heterocycles. The lowest BCUT2D eigenvalue weighted by Gasteiger charge is -2.32. The van der Waals surface area contributed by atoms with Gasteiger partial charge in [-0.2, -0.15) is 0 Å². The van der Waals surface area contributed by atoms with Crippen LogP contribution in [0.5, 0.6) is 0 Å². The molecule has 336 valence electrons. The second-order valence-corrected chi connectivity index (χ2v) is 18.4. The molecule has 6 heterocycles. The van der Waals surface area contributed by atoms with E-state index in [9.17, 15) is 0 Å². The summed E-state index contributed by atoms with van der Waals surface area (Å²) >= 11 is 0. The Bertz CT molecular complexity index is 3100. The molecule has 6 aliphatic heterocycles. The van der Waals surface area contributed by atoms with Crippen molar-refractivity contribution >= 4 is 99.5 Å². The molecule has 0 amide bonds. The van der Waals surface area contributed by atoms with Gasteiger partial charge in [0.05, 0.1) is 22.8 Å². The largest absolute Gasteiger partial charge is 0.341 e. The first-order valence-electron chi connectivity index (χ1n) is 23.1. The maximum atomic E-state index is 15.0. The smallest absolute Gasteiger partial charge is 0.225 e. The van der Waals surface area contributed by atoms with Gasteiger partial charge in [0.15, 0.2) is 0 Å². The summed E-state index contributed by atoms with van der Waals surface area (Å²) in [6, 6.07) is 37.0. The van der Waals surface area contributed by atoms with Crippen LogP contribution in [0, 0.1) is 0 Å². The SMILES string of the molecule is CCN1C(=CC=CC2=C3N=C4C(=O)C5=S=C6C(=C(C=CC=C7C=Cc8ccccc8N7CC)N(CC)N6c6ccccc6)N=C5C(=O)C4=S=C3N(c3ccccc3)N2CC)C=Cc2ccccc21. The summed E-state index contributed by atoms with van der Waals surface area (Å²) in [7, 11) is 2.61. The third kappa shape index (κ3) is 7.06. The van der Waals surface area contributed by atoms with Gasteiger partial charge in [-0.15, -0.1) is 21.9 Å². The van der Waals surface area contributed by atoms with Gasteiger partial charge in [-0.3, -0.25) is 19.6 Å². The van der Waals surface area contributed by atoms with Crippen molar-refractivity contribution in [3.63, 3.8) is 0 Å². The zero-order valence-electron chi connectivity index (χ0n) is 38.2. The van der Waals surface area contributed by atoms with E-state index in [0.29, 0.717) is 24.5 Å². The highest BCUT2D eigenvalue weighted by atomic mass is 32.1. The standard InChI is InChI=1S/C56H48N8O2S2/c1-5-59-39(35-33-37-21-15-17-29-43(37)59)27-19-31-45-47-55(63(61(45)7-3)41-23-11-9-12-24-41)67-53-49(57-47)51(65)54-50(52(53)66)58-48-46(62(8-4)64(56(48)68-54)42-25-13-10-14-26-42)32-20-28-40-36-34-38-22-16-18-30-44(38)60(40)6-2/h9-36H,5-8H2,1-4H3. The number of fused-ring (bicyclic) bond motifs is 6. The molecule has 0 bridgehead atoms. The second kappa shape index (κ2) is 17.8. The highest BCUT2D eigenvalue weighted by Crippen LogP contribution is 2.39. The van der Waals surface area contributed by atoms with E-state index in [1.54, 1.807) is 0 Å². The fourth-order valence-electron chi connectivity index (χ4n) is 9.57. The van der Waals surface area contributed by atoms with E-state index < -0.39 is 0 Å². The number of para-hydroxylation sites is 4. The molecule has 0 atom stereocenters. The Morgan fingerprint density at radius 2 is 0.882 bits per heavy atom. The highest BCUT2D eigenvalue weighted by Gasteiger charge is 2.47. The van der Waals surface area contributed by atoms with Crippen LogP contribution in [0.4, 0.5) is 22.7 Å². The summed E-state index contributed by atoms with van der Waals surface area (Å²) < 4.78 is 0.